The van der Waals surface area contributed by atoms with Gasteiger partial charge in [-0.05, 0) is 17.9 Å². The van der Waals surface area contributed by atoms with E-state index in [9.17, 15) is 4.79 Å². The van der Waals surface area contributed by atoms with Crippen LogP contribution in [0.1, 0.15) is 33.3 Å². The quantitative estimate of drug-likeness (QED) is 0.815. The Morgan fingerprint density at radius 2 is 1.89 bits per heavy atom. The van der Waals surface area contributed by atoms with E-state index < -0.39 is 0 Å². The maximum atomic E-state index is 11.9. The Bertz CT molecular complexity index is 368. The second-order valence-corrected chi connectivity index (χ2v) is 5.42. The summed E-state index contributed by atoms with van der Waals surface area (Å²) in [7, 11) is 0. The molecule has 1 aromatic carbocycles. The van der Waals surface area contributed by atoms with Crippen molar-refractivity contribution in [3.05, 3.63) is 35.9 Å². The Hall–Kier alpha value is -1.35. The van der Waals surface area contributed by atoms with Gasteiger partial charge in [0.05, 0.1) is 6.61 Å². The van der Waals surface area contributed by atoms with Crippen LogP contribution < -0.4 is 5.32 Å². The lowest BCUT2D eigenvalue weighted by atomic mass is 9.86. The molecule has 1 atom stereocenters. The minimum absolute atomic E-state index is 0.166. The average molecular weight is 249 g/mol. The summed E-state index contributed by atoms with van der Waals surface area (Å²) in [6.45, 7) is 9.01. The van der Waals surface area contributed by atoms with Gasteiger partial charge in [0.25, 0.3) is 0 Å². The van der Waals surface area contributed by atoms with E-state index in [0.29, 0.717) is 13.2 Å². The van der Waals surface area contributed by atoms with E-state index >= 15 is 0 Å². The van der Waals surface area contributed by atoms with Crippen LogP contribution in [0.3, 0.4) is 0 Å². The fraction of sp³-hybridized carbons (Fsp3) is 0.533. The number of carbonyl (C=O) groups excluding carboxylic acids is 1. The number of carbonyl (C=O) groups is 1. The molecule has 0 radical (unpaired) electrons. The average Bonchev–Trinajstić information content (AvgIpc) is 2.29. The molecule has 0 bridgehead atoms. The minimum atomic E-state index is -0.294. The number of hydrogen-bond donors (Lipinski definition) is 1. The summed E-state index contributed by atoms with van der Waals surface area (Å²) in [5.41, 5.74) is 0.997. The largest absolute Gasteiger partial charge is 0.465 e. The summed E-state index contributed by atoms with van der Waals surface area (Å²) in [4.78, 5) is 11.9. The number of esters is 1. The van der Waals surface area contributed by atoms with Crippen molar-refractivity contribution in [2.24, 2.45) is 5.41 Å². The maximum Gasteiger partial charge on any atom is 0.323 e. The highest BCUT2D eigenvalue weighted by atomic mass is 16.5. The van der Waals surface area contributed by atoms with Gasteiger partial charge in [-0.2, -0.15) is 0 Å². The molecule has 0 heterocycles. The topological polar surface area (TPSA) is 38.3 Å². The molecule has 0 spiro atoms. The van der Waals surface area contributed by atoms with Crippen molar-refractivity contribution in [2.75, 3.05) is 6.61 Å². The highest BCUT2D eigenvalue weighted by molar-refractivity contribution is 5.76. The molecule has 0 aliphatic heterocycles. The van der Waals surface area contributed by atoms with E-state index in [1.807, 2.05) is 58.0 Å². The third-order valence-electron chi connectivity index (χ3n) is 2.74. The molecule has 0 saturated carbocycles. The predicted octanol–water partition coefficient (Wildman–Crippen LogP) is 2.75. The molecule has 0 aliphatic rings. The molecule has 100 valence electrons. The molecule has 0 fully saturated rings. The standard InChI is InChI=1S/C15H23NO2/c1-5-18-14(17)13(15(2,3)4)16-11-12-9-7-6-8-10-12/h6-10,13,16H,5,11H2,1-4H3. The molecule has 1 rings (SSSR count). The minimum Gasteiger partial charge on any atom is -0.465 e. The van der Waals surface area contributed by atoms with Gasteiger partial charge in [-0.15, -0.1) is 0 Å². The molecule has 1 unspecified atom stereocenters. The first-order chi connectivity index (χ1) is 8.45. The highest BCUT2D eigenvalue weighted by Gasteiger charge is 2.31. The van der Waals surface area contributed by atoms with Gasteiger partial charge >= 0.3 is 5.97 Å². The van der Waals surface area contributed by atoms with E-state index in [0.717, 1.165) is 5.56 Å². The van der Waals surface area contributed by atoms with Gasteiger partial charge in [-0.3, -0.25) is 10.1 Å². The van der Waals surface area contributed by atoms with Gasteiger partial charge < -0.3 is 4.74 Å². The zero-order chi connectivity index (χ0) is 13.6. The van der Waals surface area contributed by atoms with Crippen molar-refractivity contribution >= 4 is 5.97 Å². The summed E-state index contributed by atoms with van der Waals surface area (Å²) in [6, 6.07) is 9.75. The fourth-order valence-electron chi connectivity index (χ4n) is 1.78. The van der Waals surface area contributed by atoms with Crippen LogP contribution in [0, 0.1) is 5.41 Å². The second kappa shape index (κ2) is 6.55. The predicted molar refractivity (Wildman–Crippen MR) is 73.2 cm³/mol. The Kier molecular flexibility index (Phi) is 5.35. The van der Waals surface area contributed by atoms with Crippen LogP contribution in [0.5, 0.6) is 0 Å². The van der Waals surface area contributed by atoms with Crippen molar-refractivity contribution in [1.29, 1.82) is 0 Å². The molecule has 0 amide bonds. The van der Waals surface area contributed by atoms with E-state index in [-0.39, 0.29) is 17.4 Å². The summed E-state index contributed by atoms with van der Waals surface area (Å²) < 4.78 is 5.12. The first-order valence-corrected chi connectivity index (χ1v) is 6.39. The molecule has 0 saturated heterocycles. The molecule has 0 aromatic heterocycles. The first-order valence-electron chi connectivity index (χ1n) is 6.39. The zero-order valence-corrected chi connectivity index (χ0v) is 11.7. The SMILES string of the molecule is CCOC(=O)C(NCc1ccccc1)C(C)(C)C. The monoisotopic (exact) mass is 249 g/mol. The van der Waals surface area contributed by atoms with Gasteiger partial charge in [0, 0.05) is 6.54 Å². The van der Waals surface area contributed by atoms with Crippen molar-refractivity contribution in [1.82, 2.24) is 5.32 Å². The second-order valence-electron chi connectivity index (χ2n) is 5.42. The summed E-state index contributed by atoms with van der Waals surface area (Å²) in [6.07, 6.45) is 0. The highest BCUT2D eigenvalue weighted by Crippen LogP contribution is 2.20. The summed E-state index contributed by atoms with van der Waals surface area (Å²) in [5.74, 6) is -0.180. The molecule has 3 heteroatoms. The summed E-state index contributed by atoms with van der Waals surface area (Å²) >= 11 is 0. The lowest BCUT2D eigenvalue weighted by molar-refractivity contribution is -0.148. The van der Waals surface area contributed by atoms with Crippen LogP contribution in [-0.2, 0) is 16.1 Å². The fourth-order valence-corrected chi connectivity index (χ4v) is 1.78. The zero-order valence-electron chi connectivity index (χ0n) is 11.7. The number of ether oxygens (including phenoxy) is 1. The van der Waals surface area contributed by atoms with Crippen molar-refractivity contribution in [2.45, 2.75) is 40.3 Å². The van der Waals surface area contributed by atoms with E-state index in [1.54, 1.807) is 0 Å². The maximum absolute atomic E-state index is 11.9. The normalized spacial score (nSPS) is 13.1. The number of rotatable bonds is 5. The molecular formula is C15H23NO2. The molecule has 3 nitrogen and oxygen atoms in total. The third kappa shape index (κ3) is 4.49. The van der Waals surface area contributed by atoms with Crippen LogP contribution in [0.4, 0.5) is 0 Å². The van der Waals surface area contributed by atoms with E-state index in [1.165, 1.54) is 0 Å². The van der Waals surface area contributed by atoms with Crippen molar-refractivity contribution < 1.29 is 9.53 Å². The van der Waals surface area contributed by atoms with E-state index in [2.05, 4.69) is 5.32 Å². The van der Waals surface area contributed by atoms with Gasteiger partial charge in [0.2, 0.25) is 0 Å². The van der Waals surface area contributed by atoms with Crippen molar-refractivity contribution in [3.63, 3.8) is 0 Å². The van der Waals surface area contributed by atoms with E-state index in [4.69, 9.17) is 4.74 Å². The summed E-state index contributed by atoms with van der Waals surface area (Å²) in [5, 5.41) is 3.29. The Morgan fingerprint density at radius 1 is 1.28 bits per heavy atom. The van der Waals surface area contributed by atoms with Gasteiger partial charge in [0.1, 0.15) is 6.04 Å². The first kappa shape index (κ1) is 14.7. The molecule has 18 heavy (non-hydrogen) atoms. The number of benzene rings is 1. The molecular weight excluding hydrogens is 226 g/mol. The Balaban J connectivity index is 2.65. The van der Waals surface area contributed by atoms with Crippen LogP contribution in [-0.4, -0.2) is 18.6 Å². The lowest BCUT2D eigenvalue weighted by Gasteiger charge is -2.29. The smallest absolute Gasteiger partial charge is 0.323 e. The number of hydrogen-bond acceptors (Lipinski definition) is 3. The molecule has 1 N–H and O–H groups in total. The van der Waals surface area contributed by atoms with Crippen LogP contribution in [0.25, 0.3) is 0 Å². The van der Waals surface area contributed by atoms with Crippen LogP contribution in [0.2, 0.25) is 0 Å². The number of nitrogens with one attached hydrogen (secondary N) is 1. The molecule has 1 aromatic rings. The third-order valence-corrected chi connectivity index (χ3v) is 2.74. The Morgan fingerprint density at radius 3 is 2.39 bits per heavy atom. The van der Waals surface area contributed by atoms with Crippen LogP contribution >= 0.6 is 0 Å². The van der Waals surface area contributed by atoms with Gasteiger partial charge in [0.15, 0.2) is 0 Å². The van der Waals surface area contributed by atoms with Gasteiger partial charge in [-0.1, -0.05) is 51.1 Å². The van der Waals surface area contributed by atoms with Crippen molar-refractivity contribution in [3.8, 4) is 0 Å². The Labute approximate surface area is 110 Å². The van der Waals surface area contributed by atoms with Gasteiger partial charge in [-0.25, -0.2) is 0 Å². The van der Waals surface area contributed by atoms with Crippen LogP contribution in [0.15, 0.2) is 30.3 Å². The lowest BCUT2D eigenvalue weighted by Crippen LogP contribution is -2.47. The molecule has 0 aliphatic carbocycles.